The smallest absolute Gasteiger partial charge is 0.227 e. The molecule has 4 rings (SSSR count). The molecule has 1 amide bonds. The Hall–Kier alpha value is -2.53. The minimum absolute atomic E-state index is 0.0839. The Morgan fingerprint density at radius 2 is 1.84 bits per heavy atom. The van der Waals surface area contributed by atoms with Gasteiger partial charge in [-0.3, -0.25) is 4.79 Å². The second kappa shape index (κ2) is 8.91. The molecule has 2 aromatic carbocycles. The van der Waals surface area contributed by atoms with Crippen LogP contribution in [0.3, 0.4) is 0 Å². The van der Waals surface area contributed by atoms with Crippen molar-refractivity contribution in [3.63, 3.8) is 0 Å². The number of nitrogens with one attached hydrogen (secondary N) is 1. The van der Waals surface area contributed by atoms with E-state index in [1.807, 2.05) is 48.4 Å². The Morgan fingerprint density at radius 1 is 1.13 bits per heavy atom. The maximum absolute atomic E-state index is 14.6. The molecule has 2 atom stereocenters. The largest absolute Gasteiger partial charge is 0.342 e. The van der Waals surface area contributed by atoms with Crippen LogP contribution in [0.25, 0.3) is 5.57 Å². The summed E-state index contributed by atoms with van der Waals surface area (Å²) >= 11 is 0. The van der Waals surface area contributed by atoms with Gasteiger partial charge < -0.3 is 10.2 Å². The number of rotatable bonds is 5. The van der Waals surface area contributed by atoms with Gasteiger partial charge in [0.25, 0.3) is 0 Å². The van der Waals surface area contributed by atoms with Crippen molar-refractivity contribution < 1.29 is 13.6 Å². The molecule has 31 heavy (non-hydrogen) atoms. The number of hydrogen-bond donors (Lipinski definition) is 1. The van der Waals surface area contributed by atoms with Crippen LogP contribution in [0.15, 0.2) is 54.6 Å². The number of nitrogens with zero attached hydrogens (tertiary/aromatic N) is 1. The molecule has 2 aliphatic rings. The number of piperidine rings is 1. The van der Waals surface area contributed by atoms with Crippen LogP contribution < -0.4 is 5.32 Å². The molecule has 0 bridgehead atoms. The molecular weight excluding hydrogens is 394 g/mol. The zero-order chi connectivity index (χ0) is 22.0. The van der Waals surface area contributed by atoms with E-state index in [9.17, 15) is 13.6 Å². The first-order valence-electron chi connectivity index (χ1n) is 11.2. The lowest BCUT2D eigenvalue weighted by atomic mass is 9.70. The van der Waals surface area contributed by atoms with Crippen LogP contribution in [0, 0.1) is 17.6 Å². The third kappa shape index (κ3) is 4.03. The van der Waals surface area contributed by atoms with Gasteiger partial charge in [-0.05, 0) is 68.1 Å². The van der Waals surface area contributed by atoms with Crippen molar-refractivity contribution in [2.75, 3.05) is 20.1 Å². The van der Waals surface area contributed by atoms with Crippen LogP contribution in [0.2, 0.25) is 0 Å². The summed E-state index contributed by atoms with van der Waals surface area (Å²) in [7, 11) is 1.89. The molecule has 1 saturated heterocycles. The van der Waals surface area contributed by atoms with Gasteiger partial charge in [0, 0.05) is 24.1 Å². The van der Waals surface area contributed by atoms with Gasteiger partial charge in [-0.2, -0.15) is 0 Å². The number of benzene rings is 2. The van der Waals surface area contributed by atoms with E-state index in [-0.39, 0.29) is 23.4 Å². The fourth-order valence-electron chi connectivity index (χ4n) is 5.32. The number of carbonyl (C=O) groups excluding carboxylic acids is 1. The molecule has 164 valence electrons. The zero-order valence-corrected chi connectivity index (χ0v) is 18.2. The Labute approximate surface area is 183 Å². The normalized spacial score (nSPS) is 24.1. The van der Waals surface area contributed by atoms with Gasteiger partial charge in [0.15, 0.2) is 0 Å². The van der Waals surface area contributed by atoms with Gasteiger partial charge in [0.05, 0.1) is 5.92 Å². The van der Waals surface area contributed by atoms with E-state index in [1.54, 1.807) is 0 Å². The molecule has 5 heteroatoms. The number of allylic oxidation sites excluding steroid dienone is 2. The average molecular weight is 425 g/mol. The maximum Gasteiger partial charge on any atom is 0.227 e. The van der Waals surface area contributed by atoms with E-state index in [2.05, 4.69) is 12.2 Å². The Kier molecular flexibility index (Phi) is 6.24. The predicted molar refractivity (Wildman–Crippen MR) is 120 cm³/mol. The van der Waals surface area contributed by atoms with Gasteiger partial charge in [-0.25, -0.2) is 8.78 Å². The molecule has 0 radical (unpaired) electrons. The number of carbonyl (C=O) groups is 1. The highest BCUT2D eigenvalue weighted by molar-refractivity contribution is 5.87. The molecule has 0 spiro atoms. The summed E-state index contributed by atoms with van der Waals surface area (Å²) in [4.78, 5) is 15.7. The molecule has 0 aromatic heterocycles. The van der Waals surface area contributed by atoms with E-state index in [4.69, 9.17) is 0 Å². The molecule has 1 heterocycles. The lowest BCUT2D eigenvalue weighted by molar-refractivity contribution is -0.138. The molecule has 1 fully saturated rings. The molecule has 2 aromatic rings. The number of halogens is 2. The van der Waals surface area contributed by atoms with Crippen LogP contribution in [-0.4, -0.2) is 37.0 Å². The molecule has 2 unspecified atom stereocenters. The fourth-order valence-corrected chi connectivity index (χ4v) is 5.32. The Bertz CT molecular complexity index is 969. The number of hydrogen-bond acceptors (Lipinski definition) is 2. The molecule has 0 saturated carbocycles. The van der Waals surface area contributed by atoms with E-state index in [0.29, 0.717) is 18.4 Å². The SMILES string of the molecule is CCC1(c2ccccc2)C=C(c2cc(F)ccc2F)CC1C(=O)N(C)C1CCNCC1. The van der Waals surface area contributed by atoms with Gasteiger partial charge in [0.1, 0.15) is 11.6 Å². The first-order valence-corrected chi connectivity index (χ1v) is 11.2. The van der Waals surface area contributed by atoms with Gasteiger partial charge in [0.2, 0.25) is 5.91 Å². The van der Waals surface area contributed by atoms with Crippen molar-refractivity contribution in [2.45, 2.75) is 44.1 Å². The van der Waals surface area contributed by atoms with Crippen LogP contribution in [0.5, 0.6) is 0 Å². The summed E-state index contributed by atoms with van der Waals surface area (Å²) < 4.78 is 28.6. The van der Waals surface area contributed by atoms with E-state index >= 15 is 0 Å². The third-order valence-corrected chi connectivity index (χ3v) is 7.15. The monoisotopic (exact) mass is 424 g/mol. The summed E-state index contributed by atoms with van der Waals surface area (Å²) in [5.41, 5.74) is 1.46. The fraction of sp³-hybridized carbons (Fsp3) is 0.423. The summed E-state index contributed by atoms with van der Waals surface area (Å²) in [5.74, 6) is -1.19. The molecular formula is C26H30F2N2O. The second-order valence-electron chi connectivity index (χ2n) is 8.74. The average Bonchev–Trinajstić information content (AvgIpc) is 3.21. The Balaban J connectivity index is 1.76. The lowest BCUT2D eigenvalue weighted by Crippen LogP contribution is -2.49. The van der Waals surface area contributed by atoms with E-state index < -0.39 is 17.0 Å². The summed E-state index contributed by atoms with van der Waals surface area (Å²) in [6, 6.07) is 13.7. The maximum atomic E-state index is 14.6. The minimum Gasteiger partial charge on any atom is -0.342 e. The molecule has 1 aliphatic carbocycles. The molecule has 1 aliphatic heterocycles. The predicted octanol–water partition coefficient (Wildman–Crippen LogP) is 4.93. The zero-order valence-electron chi connectivity index (χ0n) is 18.2. The Morgan fingerprint density at radius 3 is 2.52 bits per heavy atom. The van der Waals surface area contributed by atoms with E-state index in [1.165, 1.54) is 6.07 Å². The van der Waals surface area contributed by atoms with Gasteiger partial charge in [-0.1, -0.05) is 43.3 Å². The summed E-state index contributed by atoms with van der Waals surface area (Å²) in [6.45, 7) is 3.88. The second-order valence-corrected chi connectivity index (χ2v) is 8.74. The highest BCUT2D eigenvalue weighted by Gasteiger charge is 2.48. The van der Waals surface area contributed by atoms with Crippen molar-refractivity contribution in [3.05, 3.63) is 77.4 Å². The van der Waals surface area contributed by atoms with Gasteiger partial charge >= 0.3 is 0 Å². The van der Waals surface area contributed by atoms with Crippen molar-refractivity contribution in [3.8, 4) is 0 Å². The summed E-state index contributed by atoms with van der Waals surface area (Å²) in [5, 5.41) is 3.35. The topological polar surface area (TPSA) is 32.3 Å². The van der Waals surface area contributed by atoms with Crippen molar-refractivity contribution in [1.82, 2.24) is 10.2 Å². The van der Waals surface area contributed by atoms with E-state index in [0.717, 1.165) is 43.6 Å². The van der Waals surface area contributed by atoms with Crippen molar-refractivity contribution in [2.24, 2.45) is 5.92 Å². The minimum atomic E-state index is -0.548. The van der Waals surface area contributed by atoms with Crippen molar-refractivity contribution in [1.29, 1.82) is 0 Å². The molecule has 1 N–H and O–H groups in total. The van der Waals surface area contributed by atoms with Crippen LogP contribution >= 0.6 is 0 Å². The quantitative estimate of drug-likeness (QED) is 0.738. The highest BCUT2D eigenvalue weighted by Crippen LogP contribution is 2.50. The van der Waals surface area contributed by atoms with Crippen LogP contribution in [0.4, 0.5) is 8.78 Å². The first kappa shape index (κ1) is 21.7. The molecule has 3 nitrogen and oxygen atoms in total. The lowest BCUT2D eigenvalue weighted by Gasteiger charge is -2.39. The standard InChI is InChI=1S/C26H30F2N2O/c1-3-26(19-7-5-4-6-8-19)17-18(22-16-20(27)9-10-24(22)28)15-23(26)25(31)30(2)21-11-13-29-14-12-21/h4-10,16-17,21,23,29H,3,11-15H2,1-2H3. The van der Waals surface area contributed by atoms with Crippen LogP contribution in [-0.2, 0) is 10.2 Å². The van der Waals surface area contributed by atoms with Crippen molar-refractivity contribution >= 4 is 11.5 Å². The third-order valence-electron chi connectivity index (χ3n) is 7.15. The van der Waals surface area contributed by atoms with Gasteiger partial charge in [-0.15, -0.1) is 0 Å². The number of amides is 1. The van der Waals surface area contributed by atoms with Crippen LogP contribution in [0.1, 0.15) is 43.7 Å². The summed E-state index contributed by atoms with van der Waals surface area (Å²) in [6.07, 6.45) is 4.99. The highest BCUT2D eigenvalue weighted by atomic mass is 19.1. The first-order chi connectivity index (χ1) is 15.0.